The van der Waals surface area contributed by atoms with E-state index >= 15 is 0 Å². The standard InChI is InChI=1S/C36H42O10/c1-9-11-23-15-26-34-33(24(12-10-2)18-30(42-8)36(34)45-22(5)39)32(25-13-14-27(44-21(4)38)28(17-25)40-6)31(19-43-20(3)37)46-35(26)29(16-23)41-7/h13-18,31-32H,9-12,19H2,1-8H3/t31-,32-/m1/s1. The third-order valence-electron chi connectivity index (χ3n) is 7.70. The molecule has 0 unspecified atom stereocenters. The van der Waals surface area contributed by atoms with Gasteiger partial charge in [0, 0.05) is 31.9 Å². The van der Waals surface area contributed by atoms with Crippen molar-refractivity contribution in [3.8, 4) is 45.6 Å². The Hall–Kier alpha value is -4.73. The van der Waals surface area contributed by atoms with Crippen molar-refractivity contribution >= 4 is 17.9 Å². The lowest BCUT2D eigenvalue weighted by atomic mass is 9.78. The van der Waals surface area contributed by atoms with E-state index in [4.69, 9.17) is 33.2 Å². The number of aryl methyl sites for hydroxylation is 2. The topological polar surface area (TPSA) is 116 Å². The lowest BCUT2D eigenvalue weighted by Gasteiger charge is -2.30. The van der Waals surface area contributed by atoms with Gasteiger partial charge in [-0.3, -0.25) is 14.4 Å². The summed E-state index contributed by atoms with van der Waals surface area (Å²) >= 11 is 0. The van der Waals surface area contributed by atoms with Crippen LogP contribution in [0.25, 0.3) is 11.1 Å². The predicted octanol–water partition coefficient (Wildman–Crippen LogP) is 6.59. The van der Waals surface area contributed by atoms with Gasteiger partial charge in [0.25, 0.3) is 0 Å². The summed E-state index contributed by atoms with van der Waals surface area (Å²) in [5.74, 6) is 0.0395. The highest BCUT2D eigenvalue weighted by Gasteiger charge is 2.40. The van der Waals surface area contributed by atoms with Crippen LogP contribution in [0.15, 0.2) is 36.4 Å². The van der Waals surface area contributed by atoms with Crippen molar-refractivity contribution in [1.82, 2.24) is 0 Å². The number of ether oxygens (including phenoxy) is 7. The maximum atomic E-state index is 12.6. The van der Waals surface area contributed by atoms with Crippen molar-refractivity contribution in [2.24, 2.45) is 0 Å². The zero-order chi connectivity index (χ0) is 33.5. The van der Waals surface area contributed by atoms with Gasteiger partial charge in [0.1, 0.15) is 12.7 Å². The number of carbonyl (C=O) groups excluding carboxylic acids is 3. The average Bonchev–Trinajstić information content (AvgIpc) is 3.15. The smallest absolute Gasteiger partial charge is 0.308 e. The second kappa shape index (κ2) is 15.0. The summed E-state index contributed by atoms with van der Waals surface area (Å²) in [7, 11) is 4.59. The molecule has 1 heterocycles. The van der Waals surface area contributed by atoms with Crippen LogP contribution in [-0.2, 0) is 32.0 Å². The normalized spacial score (nSPS) is 15.0. The van der Waals surface area contributed by atoms with Gasteiger partial charge >= 0.3 is 17.9 Å². The molecule has 10 heteroatoms. The summed E-state index contributed by atoms with van der Waals surface area (Å²) in [6, 6.07) is 11.1. The molecule has 0 amide bonds. The van der Waals surface area contributed by atoms with Crippen LogP contribution in [0.3, 0.4) is 0 Å². The van der Waals surface area contributed by atoms with Gasteiger partial charge < -0.3 is 33.2 Å². The Labute approximate surface area is 269 Å². The van der Waals surface area contributed by atoms with Gasteiger partial charge in [-0.05, 0) is 65.4 Å². The third kappa shape index (κ3) is 7.22. The molecule has 0 aliphatic carbocycles. The molecule has 3 aromatic rings. The quantitative estimate of drug-likeness (QED) is 0.160. The zero-order valence-electron chi connectivity index (χ0n) is 27.7. The second-order valence-corrected chi connectivity index (χ2v) is 11.1. The average molecular weight is 635 g/mol. The molecule has 46 heavy (non-hydrogen) atoms. The number of rotatable bonds is 12. The van der Waals surface area contributed by atoms with E-state index in [9.17, 15) is 14.4 Å². The summed E-state index contributed by atoms with van der Waals surface area (Å²) in [6.07, 6.45) is 2.33. The van der Waals surface area contributed by atoms with Crippen LogP contribution in [0.5, 0.6) is 34.5 Å². The minimum Gasteiger partial charge on any atom is -0.493 e. The molecule has 0 N–H and O–H groups in total. The first kappa shape index (κ1) is 34.1. The van der Waals surface area contributed by atoms with Crippen LogP contribution in [0, 0.1) is 0 Å². The van der Waals surface area contributed by atoms with E-state index in [0.717, 1.165) is 41.5 Å². The van der Waals surface area contributed by atoms with Crippen molar-refractivity contribution in [1.29, 1.82) is 0 Å². The highest BCUT2D eigenvalue weighted by Crippen LogP contribution is 2.55. The number of carbonyl (C=O) groups is 3. The number of hydrogen-bond acceptors (Lipinski definition) is 10. The van der Waals surface area contributed by atoms with Crippen LogP contribution >= 0.6 is 0 Å². The first-order chi connectivity index (χ1) is 22.1. The lowest BCUT2D eigenvalue weighted by Crippen LogP contribution is -2.32. The molecule has 3 aromatic carbocycles. The van der Waals surface area contributed by atoms with E-state index in [1.165, 1.54) is 35.0 Å². The van der Waals surface area contributed by atoms with E-state index in [1.54, 1.807) is 19.2 Å². The van der Waals surface area contributed by atoms with E-state index < -0.39 is 29.9 Å². The maximum absolute atomic E-state index is 12.6. The second-order valence-electron chi connectivity index (χ2n) is 11.1. The largest absolute Gasteiger partial charge is 0.493 e. The molecule has 0 spiro atoms. The van der Waals surface area contributed by atoms with Crippen LogP contribution in [0.1, 0.15) is 75.6 Å². The Morgan fingerprint density at radius 3 is 2.00 bits per heavy atom. The number of methoxy groups -OCH3 is 3. The Balaban J connectivity index is 2.20. The Kier molecular flexibility index (Phi) is 11.2. The van der Waals surface area contributed by atoms with E-state index in [2.05, 4.69) is 13.8 Å². The number of hydrogen-bond donors (Lipinski definition) is 0. The van der Waals surface area contributed by atoms with Crippen LogP contribution < -0.4 is 28.4 Å². The highest BCUT2D eigenvalue weighted by atomic mass is 16.6. The summed E-state index contributed by atoms with van der Waals surface area (Å²) < 4.78 is 41.2. The summed E-state index contributed by atoms with van der Waals surface area (Å²) in [5.41, 5.74) is 4.74. The van der Waals surface area contributed by atoms with Crippen LogP contribution in [-0.4, -0.2) is 51.9 Å². The van der Waals surface area contributed by atoms with E-state index in [1.807, 2.05) is 24.3 Å². The Bertz CT molecular complexity index is 1610. The van der Waals surface area contributed by atoms with Gasteiger partial charge in [0.2, 0.25) is 0 Å². The van der Waals surface area contributed by atoms with Crippen molar-refractivity contribution in [3.05, 3.63) is 58.7 Å². The fourth-order valence-electron chi connectivity index (χ4n) is 5.99. The first-order valence-corrected chi connectivity index (χ1v) is 15.4. The predicted molar refractivity (Wildman–Crippen MR) is 171 cm³/mol. The van der Waals surface area contributed by atoms with Gasteiger partial charge in [-0.15, -0.1) is 0 Å². The summed E-state index contributed by atoms with van der Waals surface area (Å²) in [5, 5.41) is 0. The molecule has 0 saturated carbocycles. The molecule has 2 atom stereocenters. The molecular weight excluding hydrogens is 592 g/mol. The Morgan fingerprint density at radius 2 is 1.41 bits per heavy atom. The molecular formula is C36H42O10. The fraction of sp³-hybridized carbons (Fsp3) is 0.417. The molecule has 0 saturated heterocycles. The Morgan fingerprint density at radius 1 is 0.739 bits per heavy atom. The van der Waals surface area contributed by atoms with Crippen molar-refractivity contribution in [3.63, 3.8) is 0 Å². The molecule has 0 radical (unpaired) electrons. The summed E-state index contributed by atoms with van der Waals surface area (Å²) in [6.45, 7) is 8.06. The molecule has 1 aliphatic rings. The van der Waals surface area contributed by atoms with Gasteiger partial charge in [-0.1, -0.05) is 32.8 Å². The molecule has 10 nitrogen and oxygen atoms in total. The molecule has 0 fully saturated rings. The SMILES string of the molecule is CCCc1cc(OC)c2c(c1)-c1c(OC(C)=O)c(OC)cc(CCC)c1[C@H](c1ccc(OC(C)=O)c(OC)c1)[C@@H](COC(C)=O)O2. The first-order valence-electron chi connectivity index (χ1n) is 15.4. The molecule has 246 valence electrons. The van der Waals surface area contributed by atoms with Crippen molar-refractivity contribution in [2.45, 2.75) is 72.3 Å². The van der Waals surface area contributed by atoms with Crippen molar-refractivity contribution < 1.29 is 47.5 Å². The lowest BCUT2D eigenvalue weighted by molar-refractivity contribution is -0.143. The van der Waals surface area contributed by atoms with E-state index in [0.29, 0.717) is 40.5 Å². The highest BCUT2D eigenvalue weighted by molar-refractivity contribution is 5.88. The van der Waals surface area contributed by atoms with E-state index in [-0.39, 0.29) is 18.1 Å². The number of fused-ring (bicyclic) bond motifs is 3. The number of esters is 3. The van der Waals surface area contributed by atoms with Crippen molar-refractivity contribution in [2.75, 3.05) is 27.9 Å². The minimum absolute atomic E-state index is 0.104. The van der Waals surface area contributed by atoms with Gasteiger partial charge in [0.05, 0.1) is 27.2 Å². The number of benzene rings is 3. The molecule has 4 rings (SSSR count). The zero-order valence-corrected chi connectivity index (χ0v) is 27.7. The molecule has 0 aromatic heterocycles. The van der Waals surface area contributed by atoms with Gasteiger partial charge in [0.15, 0.2) is 34.5 Å². The van der Waals surface area contributed by atoms with Gasteiger partial charge in [-0.25, -0.2) is 0 Å². The minimum atomic E-state index is -0.770. The molecule has 1 aliphatic heterocycles. The van der Waals surface area contributed by atoms with Crippen LogP contribution in [0.2, 0.25) is 0 Å². The van der Waals surface area contributed by atoms with Gasteiger partial charge in [-0.2, -0.15) is 0 Å². The van der Waals surface area contributed by atoms with Crippen LogP contribution in [0.4, 0.5) is 0 Å². The summed E-state index contributed by atoms with van der Waals surface area (Å²) in [4.78, 5) is 36.6. The third-order valence-corrected chi connectivity index (χ3v) is 7.70. The molecule has 0 bridgehead atoms. The monoisotopic (exact) mass is 634 g/mol. The fourth-order valence-corrected chi connectivity index (χ4v) is 5.99. The maximum Gasteiger partial charge on any atom is 0.308 e.